The van der Waals surface area contributed by atoms with Crippen LogP contribution in [0.2, 0.25) is 5.02 Å². The number of hydrogen-bond acceptors (Lipinski definition) is 4. The number of aromatic nitrogens is 1. The molecule has 4 nitrogen and oxygen atoms in total. The molecule has 0 aliphatic carbocycles. The highest BCUT2D eigenvalue weighted by atomic mass is 35.5. The number of aryl methyl sites for hydroxylation is 1. The molecule has 0 amide bonds. The Hall–Kier alpha value is -2.28. The molecule has 1 aliphatic heterocycles. The van der Waals surface area contributed by atoms with Gasteiger partial charge in [-0.15, -0.1) is 11.3 Å². The van der Waals surface area contributed by atoms with Crippen molar-refractivity contribution in [3.63, 3.8) is 0 Å². The van der Waals surface area contributed by atoms with E-state index in [4.69, 9.17) is 28.9 Å². The lowest BCUT2D eigenvalue weighted by atomic mass is 10.0. The topological polar surface area (TPSA) is 40.5 Å². The second-order valence-electron chi connectivity index (χ2n) is 6.30. The zero-order valence-corrected chi connectivity index (χ0v) is 17.3. The summed E-state index contributed by atoms with van der Waals surface area (Å²) >= 11 is 13.6. The van der Waals surface area contributed by atoms with E-state index in [9.17, 15) is 0 Å². The van der Waals surface area contributed by atoms with E-state index in [1.165, 1.54) is 10.4 Å². The third-order valence-electron chi connectivity index (χ3n) is 4.45. The maximum absolute atomic E-state index is 6.26. The van der Waals surface area contributed by atoms with E-state index in [1.807, 2.05) is 47.6 Å². The molecule has 0 unspecified atom stereocenters. The van der Waals surface area contributed by atoms with Gasteiger partial charge in [-0.25, -0.2) is 5.01 Å². The van der Waals surface area contributed by atoms with Crippen molar-refractivity contribution in [2.24, 2.45) is 5.10 Å². The maximum Gasteiger partial charge on any atom is 0.195 e. The van der Waals surface area contributed by atoms with Crippen molar-refractivity contribution in [2.45, 2.75) is 20.4 Å². The minimum Gasteiger partial charge on any atom is -0.322 e. The van der Waals surface area contributed by atoms with E-state index < -0.39 is 0 Å². The lowest BCUT2D eigenvalue weighted by Gasteiger charge is -2.19. The minimum absolute atomic E-state index is 0.538. The molecule has 3 aromatic rings. The molecule has 0 atom stereocenters. The number of rotatable bonds is 3. The summed E-state index contributed by atoms with van der Waals surface area (Å²) in [5, 5.41) is 12.4. The number of pyridine rings is 1. The van der Waals surface area contributed by atoms with Crippen molar-refractivity contribution in [1.29, 1.82) is 0 Å². The summed E-state index contributed by atoms with van der Waals surface area (Å²) in [5.41, 5.74) is 5.15. The van der Waals surface area contributed by atoms with Gasteiger partial charge in [-0.3, -0.25) is 4.98 Å². The summed E-state index contributed by atoms with van der Waals surface area (Å²) in [6.07, 6.45) is 3.58. The van der Waals surface area contributed by atoms with Crippen LogP contribution in [-0.4, -0.2) is 20.8 Å². The molecule has 3 heterocycles. The first-order valence-corrected chi connectivity index (χ1v) is 10.1. The van der Waals surface area contributed by atoms with Crippen LogP contribution in [0, 0.1) is 13.8 Å². The number of nitrogens with zero attached hydrogens (tertiary/aromatic N) is 3. The smallest absolute Gasteiger partial charge is 0.195 e. The fraction of sp³-hybridized carbons (Fsp3) is 0.150. The van der Waals surface area contributed by atoms with Gasteiger partial charge in [0.05, 0.1) is 6.54 Å². The van der Waals surface area contributed by atoms with Crippen LogP contribution >= 0.6 is 35.2 Å². The van der Waals surface area contributed by atoms with Crippen LogP contribution in [0.1, 0.15) is 27.1 Å². The van der Waals surface area contributed by atoms with Gasteiger partial charge in [-0.1, -0.05) is 29.8 Å². The highest BCUT2D eigenvalue weighted by molar-refractivity contribution is 7.80. The summed E-state index contributed by atoms with van der Waals surface area (Å²) < 4.78 is 0. The standard InChI is InChI=1S/C20H17ClN4S2/c1-12-13(2)27-19-17(12)18(15-6-3-7-16(21)9-15)24-25(20(26)23-19)11-14-5-4-8-22-10-14/h3-10H,11H2,1-2H3,(H,23,26). The van der Waals surface area contributed by atoms with E-state index in [2.05, 4.69) is 24.1 Å². The van der Waals surface area contributed by atoms with Crippen molar-refractivity contribution in [3.8, 4) is 0 Å². The third-order valence-corrected chi connectivity index (χ3v) is 6.12. The Balaban J connectivity index is 1.86. The molecule has 7 heteroatoms. The molecular weight excluding hydrogens is 396 g/mol. The highest BCUT2D eigenvalue weighted by Crippen LogP contribution is 2.36. The van der Waals surface area contributed by atoms with E-state index in [1.54, 1.807) is 17.5 Å². The Kier molecular flexibility index (Phi) is 4.95. The monoisotopic (exact) mass is 412 g/mol. The van der Waals surface area contributed by atoms with Crippen molar-refractivity contribution in [1.82, 2.24) is 9.99 Å². The molecule has 1 aromatic carbocycles. The Morgan fingerprint density at radius 3 is 2.81 bits per heavy atom. The van der Waals surface area contributed by atoms with E-state index >= 15 is 0 Å². The highest BCUT2D eigenvalue weighted by Gasteiger charge is 2.26. The molecule has 4 rings (SSSR count). The Labute approximate surface area is 172 Å². The first-order chi connectivity index (χ1) is 13.0. The van der Waals surface area contributed by atoms with Gasteiger partial charge >= 0.3 is 0 Å². The van der Waals surface area contributed by atoms with E-state index in [-0.39, 0.29) is 0 Å². The van der Waals surface area contributed by atoms with Gasteiger partial charge in [-0.2, -0.15) is 5.10 Å². The number of thiophene rings is 1. The maximum atomic E-state index is 6.26. The molecule has 0 saturated heterocycles. The second-order valence-corrected chi connectivity index (χ2v) is 8.34. The average Bonchev–Trinajstić information content (AvgIpc) is 2.85. The zero-order chi connectivity index (χ0) is 19.0. The summed E-state index contributed by atoms with van der Waals surface area (Å²) in [4.78, 5) is 5.43. The number of anilines is 1. The fourth-order valence-electron chi connectivity index (χ4n) is 2.99. The number of fused-ring (bicyclic) bond motifs is 1. The summed E-state index contributed by atoms with van der Waals surface area (Å²) in [7, 11) is 0. The molecule has 0 radical (unpaired) electrons. The number of halogens is 1. The molecule has 136 valence electrons. The van der Waals surface area contributed by atoms with Gasteiger partial charge in [0.15, 0.2) is 5.11 Å². The van der Waals surface area contributed by atoms with Crippen molar-refractivity contribution < 1.29 is 0 Å². The Bertz CT molecular complexity index is 1040. The van der Waals surface area contributed by atoms with Gasteiger partial charge in [-0.05, 0) is 55.4 Å². The van der Waals surface area contributed by atoms with Crippen molar-refractivity contribution >= 4 is 51.0 Å². The molecule has 1 aliphatic rings. The molecule has 27 heavy (non-hydrogen) atoms. The van der Waals surface area contributed by atoms with Crippen molar-refractivity contribution in [2.75, 3.05) is 5.32 Å². The number of thiocarbonyl (C=S) groups is 1. The first kappa shape index (κ1) is 18.1. The minimum atomic E-state index is 0.538. The Morgan fingerprint density at radius 1 is 1.22 bits per heavy atom. The van der Waals surface area contributed by atoms with Gasteiger partial charge in [0.25, 0.3) is 0 Å². The number of nitrogens with one attached hydrogen (secondary N) is 1. The first-order valence-electron chi connectivity index (χ1n) is 8.45. The zero-order valence-electron chi connectivity index (χ0n) is 14.9. The largest absolute Gasteiger partial charge is 0.322 e. The predicted molar refractivity (Wildman–Crippen MR) is 117 cm³/mol. The van der Waals surface area contributed by atoms with Crippen LogP contribution in [0.15, 0.2) is 53.9 Å². The fourth-order valence-corrected chi connectivity index (χ4v) is 4.51. The Morgan fingerprint density at radius 2 is 2.07 bits per heavy atom. The van der Waals surface area contributed by atoms with Crippen LogP contribution in [0.3, 0.4) is 0 Å². The van der Waals surface area contributed by atoms with Crippen molar-refractivity contribution in [3.05, 3.63) is 80.9 Å². The van der Waals surface area contributed by atoms with E-state index in [0.717, 1.165) is 27.4 Å². The normalized spacial score (nSPS) is 13.7. The lowest BCUT2D eigenvalue weighted by molar-refractivity contribution is 0.447. The lowest BCUT2D eigenvalue weighted by Crippen LogP contribution is -2.29. The third kappa shape index (κ3) is 3.60. The van der Waals surface area contributed by atoms with Crippen LogP contribution in [0.5, 0.6) is 0 Å². The molecule has 2 aromatic heterocycles. The van der Waals surface area contributed by atoms with Crippen LogP contribution in [-0.2, 0) is 6.54 Å². The van der Waals surface area contributed by atoms with Crippen LogP contribution < -0.4 is 5.32 Å². The molecular formula is C20H17ClN4S2. The molecule has 0 bridgehead atoms. The SMILES string of the molecule is Cc1sc2c(c1C)C(c1cccc(Cl)c1)=NN(Cc1cccnc1)C(=S)N2. The van der Waals surface area contributed by atoms with E-state index in [0.29, 0.717) is 16.7 Å². The van der Waals surface area contributed by atoms with Gasteiger partial charge in [0.1, 0.15) is 10.7 Å². The van der Waals surface area contributed by atoms with Crippen LogP contribution in [0.4, 0.5) is 5.00 Å². The quantitative estimate of drug-likeness (QED) is 0.586. The van der Waals surface area contributed by atoms with Gasteiger partial charge in [0, 0.05) is 33.4 Å². The molecule has 0 saturated carbocycles. The average molecular weight is 413 g/mol. The predicted octanol–water partition coefficient (Wildman–Crippen LogP) is 5.38. The molecule has 0 fully saturated rings. The summed E-state index contributed by atoms with van der Waals surface area (Å²) in [6.45, 7) is 4.77. The molecule has 1 N–H and O–H groups in total. The number of hydrogen-bond donors (Lipinski definition) is 1. The van der Waals surface area contributed by atoms with Gasteiger partial charge in [0.2, 0.25) is 0 Å². The number of benzene rings is 1. The summed E-state index contributed by atoms with van der Waals surface area (Å²) in [6, 6.07) is 11.7. The second kappa shape index (κ2) is 7.38. The summed E-state index contributed by atoms with van der Waals surface area (Å²) in [5.74, 6) is 0. The van der Waals surface area contributed by atoms with Gasteiger partial charge < -0.3 is 5.32 Å². The molecule has 0 spiro atoms. The van der Waals surface area contributed by atoms with Crippen LogP contribution in [0.25, 0.3) is 0 Å². The number of hydrazone groups is 1.